The monoisotopic (exact) mass is 308 g/mol. The largest absolute Gasteiger partial charge is 0.378 e. The number of morpholine rings is 1. The van der Waals surface area contributed by atoms with Crippen LogP contribution in [0.1, 0.15) is 22.3 Å². The molecule has 2 fully saturated rings. The zero-order chi connectivity index (χ0) is 15.7. The average Bonchev–Trinajstić information content (AvgIpc) is 2.93. The maximum atomic E-state index is 13.5. The quantitative estimate of drug-likeness (QED) is 0.897. The maximum absolute atomic E-state index is 13.5. The van der Waals surface area contributed by atoms with Gasteiger partial charge in [-0.25, -0.2) is 9.37 Å². The first kappa shape index (κ1) is 15.0. The molecule has 0 bridgehead atoms. The van der Waals surface area contributed by atoms with E-state index in [0.29, 0.717) is 37.6 Å². The van der Waals surface area contributed by atoms with Gasteiger partial charge in [-0.3, -0.25) is 4.79 Å². The molecule has 0 aliphatic carbocycles. The van der Waals surface area contributed by atoms with Crippen molar-refractivity contribution in [2.24, 2.45) is 5.73 Å². The van der Waals surface area contributed by atoms with Crippen molar-refractivity contribution in [2.45, 2.75) is 19.5 Å². The van der Waals surface area contributed by atoms with Crippen LogP contribution in [-0.4, -0.2) is 56.5 Å². The Labute approximate surface area is 129 Å². The van der Waals surface area contributed by atoms with Crippen molar-refractivity contribution in [1.82, 2.24) is 4.98 Å². The molecule has 1 atom stereocenters. The molecule has 1 aromatic heterocycles. The van der Waals surface area contributed by atoms with Gasteiger partial charge in [0.25, 0.3) is 5.91 Å². The lowest BCUT2D eigenvalue weighted by Crippen LogP contribution is -2.37. The van der Waals surface area contributed by atoms with Crippen LogP contribution in [0.2, 0.25) is 0 Å². The molecule has 2 N–H and O–H groups in total. The number of primary amides is 1. The maximum Gasteiger partial charge on any atom is 0.252 e. The third-order valence-electron chi connectivity index (χ3n) is 4.20. The molecule has 3 rings (SSSR count). The van der Waals surface area contributed by atoms with Gasteiger partial charge in [-0.1, -0.05) is 0 Å². The van der Waals surface area contributed by atoms with Crippen LogP contribution in [0.5, 0.6) is 0 Å². The molecule has 0 aromatic carbocycles. The van der Waals surface area contributed by atoms with Crippen LogP contribution in [0.3, 0.4) is 0 Å². The van der Waals surface area contributed by atoms with Gasteiger partial charge in [0, 0.05) is 19.6 Å². The average molecular weight is 308 g/mol. The first-order valence-electron chi connectivity index (χ1n) is 7.59. The summed E-state index contributed by atoms with van der Waals surface area (Å²) >= 11 is 0. The number of nitrogens with two attached hydrogens (primary N) is 1. The molecular formula is C15H21FN4O2. The Hall–Kier alpha value is -1.89. The molecule has 2 aliphatic rings. The van der Waals surface area contributed by atoms with Crippen molar-refractivity contribution >= 4 is 17.5 Å². The summed E-state index contributed by atoms with van der Waals surface area (Å²) < 4.78 is 18.9. The van der Waals surface area contributed by atoms with Crippen molar-refractivity contribution < 1.29 is 13.9 Å². The number of carbonyl (C=O) groups excluding carboxylic acids is 1. The summed E-state index contributed by atoms with van der Waals surface area (Å²) in [6, 6.07) is 1.87. The second-order valence-corrected chi connectivity index (χ2v) is 5.79. The summed E-state index contributed by atoms with van der Waals surface area (Å²) in [7, 11) is 0. The highest BCUT2D eigenvalue weighted by Gasteiger charge is 2.28. The van der Waals surface area contributed by atoms with Crippen molar-refractivity contribution in [2.75, 3.05) is 49.2 Å². The number of aryl methyl sites for hydroxylation is 1. The minimum absolute atomic E-state index is 0.263. The number of amides is 1. The molecule has 0 unspecified atom stereocenters. The Morgan fingerprint density at radius 3 is 2.68 bits per heavy atom. The third-order valence-corrected chi connectivity index (χ3v) is 4.20. The first-order chi connectivity index (χ1) is 10.6. The van der Waals surface area contributed by atoms with Crippen LogP contribution in [0.15, 0.2) is 6.07 Å². The van der Waals surface area contributed by atoms with Gasteiger partial charge < -0.3 is 20.3 Å². The van der Waals surface area contributed by atoms with E-state index in [1.54, 1.807) is 0 Å². The zero-order valence-electron chi connectivity index (χ0n) is 12.7. The van der Waals surface area contributed by atoms with E-state index in [1.165, 1.54) is 0 Å². The van der Waals surface area contributed by atoms with Gasteiger partial charge in [0.15, 0.2) is 0 Å². The van der Waals surface area contributed by atoms with Gasteiger partial charge in [-0.15, -0.1) is 0 Å². The van der Waals surface area contributed by atoms with Gasteiger partial charge in [0.05, 0.1) is 25.3 Å². The fraction of sp³-hybridized carbons (Fsp3) is 0.600. The normalized spacial score (nSPS) is 22.2. The Kier molecular flexibility index (Phi) is 4.15. The molecule has 0 spiro atoms. The second kappa shape index (κ2) is 6.08. The number of hydrogen-bond acceptors (Lipinski definition) is 5. The summed E-state index contributed by atoms with van der Waals surface area (Å²) in [6.45, 7) is 5.49. The van der Waals surface area contributed by atoms with Gasteiger partial charge in [0.2, 0.25) is 0 Å². The molecule has 120 valence electrons. The molecule has 0 saturated carbocycles. The third kappa shape index (κ3) is 2.85. The van der Waals surface area contributed by atoms with E-state index < -0.39 is 12.1 Å². The molecule has 1 amide bonds. The number of hydrogen-bond donors (Lipinski definition) is 1. The Morgan fingerprint density at radius 2 is 2.09 bits per heavy atom. The van der Waals surface area contributed by atoms with Crippen LogP contribution in [0.25, 0.3) is 0 Å². The smallest absolute Gasteiger partial charge is 0.252 e. The van der Waals surface area contributed by atoms with E-state index in [2.05, 4.69) is 9.88 Å². The molecular weight excluding hydrogens is 287 g/mol. The summed E-state index contributed by atoms with van der Waals surface area (Å²) in [5.74, 6) is 0.785. The number of rotatable bonds is 3. The molecule has 3 heterocycles. The summed E-state index contributed by atoms with van der Waals surface area (Å²) in [5, 5.41) is 0. The summed E-state index contributed by atoms with van der Waals surface area (Å²) in [5.41, 5.74) is 6.69. The Bertz CT molecular complexity index is 575. The van der Waals surface area contributed by atoms with E-state index >= 15 is 0 Å². The number of anilines is 2. The lowest BCUT2D eigenvalue weighted by atomic mass is 10.1. The number of halogens is 1. The highest BCUT2D eigenvalue weighted by atomic mass is 19.1. The van der Waals surface area contributed by atoms with Crippen molar-refractivity contribution in [1.29, 1.82) is 0 Å². The van der Waals surface area contributed by atoms with E-state index in [-0.39, 0.29) is 6.54 Å². The molecule has 22 heavy (non-hydrogen) atoms. The molecule has 6 nitrogen and oxygen atoms in total. The predicted octanol–water partition coefficient (Wildman–Crippen LogP) is 0.874. The van der Waals surface area contributed by atoms with Crippen molar-refractivity contribution in [3.05, 3.63) is 17.2 Å². The number of nitrogens with zero attached hydrogens (tertiary/aromatic N) is 3. The van der Waals surface area contributed by atoms with Crippen molar-refractivity contribution in [3.63, 3.8) is 0 Å². The van der Waals surface area contributed by atoms with Crippen LogP contribution in [-0.2, 0) is 4.74 Å². The number of aromatic nitrogens is 1. The van der Waals surface area contributed by atoms with Gasteiger partial charge in [-0.2, -0.15) is 0 Å². The van der Waals surface area contributed by atoms with Crippen LogP contribution < -0.4 is 15.5 Å². The number of carbonyl (C=O) groups is 1. The summed E-state index contributed by atoms with van der Waals surface area (Å²) in [6.07, 6.45) is -0.421. The van der Waals surface area contributed by atoms with Gasteiger partial charge in [0.1, 0.15) is 17.8 Å². The van der Waals surface area contributed by atoms with Gasteiger partial charge in [-0.05, 0) is 25.0 Å². The van der Waals surface area contributed by atoms with E-state index in [1.807, 2.05) is 17.9 Å². The Balaban J connectivity index is 2.00. The number of pyridine rings is 1. The minimum atomic E-state index is -0.880. The lowest BCUT2D eigenvalue weighted by Gasteiger charge is -2.30. The fourth-order valence-corrected chi connectivity index (χ4v) is 3.04. The van der Waals surface area contributed by atoms with Crippen LogP contribution >= 0.6 is 0 Å². The standard InChI is InChI=1S/C15H21FN4O2/c1-10-8-12(19-4-6-22-7-5-19)18-15(13(10)14(17)21)20-3-2-11(16)9-20/h8,11H,2-7,9H2,1H3,(H2,17,21)/t11-/m1/s1. The van der Waals surface area contributed by atoms with E-state index in [4.69, 9.17) is 10.5 Å². The van der Waals surface area contributed by atoms with Crippen molar-refractivity contribution in [3.8, 4) is 0 Å². The van der Waals surface area contributed by atoms with Gasteiger partial charge >= 0.3 is 0 Å². The number of alkyl halides is 1. The van der Waals surface area contributed by atoms with Crippen LogP contribution in [0.4, 0.5) is 16.0 Å². The molecule has 0 radical (unpaired) electrons. The SMILES string of the molecule is Cc1cc(N2CCOCC2)nc(N2CC[C@@H](F)C2)c1C(N)=O. The zero-order valence-corrected chi connectivity index (χ0v) is 12.7. The first-order valence-corrected chi connectivity index (χ1v) is 7.59. The molecule has 2 saturated heterocycles. The molecule has 1 aromatic rings. The molecule has 2 aliphatic heterocycles. The van der Waals surface area contributed by atoms with E-state index in [9.17, 15) is 9.18 Å². The highest BCUT2D eigenvalue weighted by molar-refractivity contribution is 5.99. The Morgan fingerprint density at radius 1 is 1.36 bits per heavy atom. The lowest BCUT2D eigenvalue weighted by molar-refractivity contribution is 0.0999. The predicted molar refractivity (Wildman–Crippen MR) is 82.2 cm³/mol. The minimum Gasteiger partial charge on any atom is -0.378 e. The van der Waals surface area contributed by atoms with E-state index in [0.717, 1.165) is 24.5 Å². The highest BCUT2D eigenvalue weighted by Crippen LogP contribution is 2.29. The summed E-state index contributed by atoms with van der Waals surface area (Å²) in [4.78, 5) is 20.4. The van der Waals surface area contributed by atoms with Crippen LogP contribution in [0, 0.1) is 6.92 Å². The number of ether oxygens (including phenoxy) is 1. The molecule has 7 heteroatoms. The second-order valence-electron chi connectivity index (χ2n) is 5.79. The topological polar surface area (TPSA) is 71.7 Å². The fourth-order valence-electron chi connectivity index (χ4n) is 3.04.